The zero-order chi connectivity index (χ0) is 15.5. The van der Waals surface area contributed by atoms with Crippen molar-refractivity contribution in [1.29, 1.82) is 0 Å². The van der Waals surface area contributed by atoms with Crippen LogP contribution in [-0.2, 0) is 14.6 Å². The molecule has 0 fully saturated rings. The van der Waals surface area contributed by atoms with Gasteiger partial charge in [-0.2, -0.15) is 0 Å². The molecular weight excluding hydrogens is 300 g/mol. The smallest absolute Gasteiger partial charge is 0.242 e. The highest BCUT2D eigenvalue weighted by atomic mass is 32.2. The lowest BCUT2D eigenvalue weighted by molar-refractivity contribution is -0.115. The Morgan fingerprint density at radius 3 is 2.50 bits per heavy atom. The summed E-state index contributed by atoms with van der Waals surface area (Å²) in [6.45, 7) is 1.31. The minimum absolute atomic E-state index is 0.0752. The van der Waals surface area contributed by atoms with Gasteiger partial charge in [0, 0.05) is 11.8 Å². The van der Waals surface area contributed by atoms with E-state index in [1.807, 2.05) is 0 Å². The molecule has 1 atom stereocenters. The fourth-order valence-electron chi connectivity index (χ4n) is 1.45. The minimum Gasteiger partial charge on any atom is -0.495 e. The summed E-state index contributed by atoms with van der Waals surface area (Å²) in [6.07, 6.45) is 0.994. The van der Waals surface area contributed by atoms with Gasteiger partial charge < -0.3 is 15.8 Å². The second kappa shape index (κ2) is 6.19. The normalized spacial score (nSPS) is 12.6. The molecule has 6 nitrogen and oxygen atoms in total. The maximum absolute atomic E-state index is 12.0. The number of nitrogens with two attached hydrogens (primary N) is 1. The van der Waals surface area contributed by atoms with Crippen LogP contribution in [-0.4, -0.2) is 37.9 Å². The summed E-state index contributed by atoms with van der Waals surface area (Å²) in [4.78, 5) is 12.0. The average molecular weight is 316 g/mol. The van der Waals surface area contributed by atoms with Crippen LogP contribution in [0.1, 0.15) is 12.5 Å². The van der Waals surface area contributed by atoms with Crippen molar-refractivity contribution in [3.8, 4) is 5.75 Å². The highest BCUT2D eigenvalue weighted by molar-refractivity contribution is 7.92. The van der Waals surface area contributed by atoms with Crippen molar-refractivity contribution >= 4 is 38.6 Å². The van der Waals surface area contributed by atoms with Gasteiger partial charge in [-0.05, 0) is 19.1 Å². The van der Waals surface area contributed by atoms with Crippen LogP contribution < -0.4 is 15.8 Å². The fraction of sp³-hybridized carbons (Fsp3) is 0.333. The first-order valence-electron chi connectivity index (χ1n) is 5.65. The Labute approximate surface area is 123 Å². The van der Waals surface area contributed by atoms with Gasteiger partial charge in [0.05, 0.1) is 12.8 Å². The van der Waals surface area contributed by atoms with E-state index in [9.17, 15) is 13.2 Å². The topological polar surface area (TPSA) is 98.5 Å². The summed E-state index contributed by atoms with van der Waals surface area (Å²) in [5.74, 6) is -0.321. The molecule has 1 aromatic carbocycles. The van der Waals surface area contributed by atoms with Crippen molar-refractivity contribution in [3.63, 3.8) is 0 Å². The number of methoxy groups -OCH3 is 1. The van der Waals surface area contributed by atoms with Crippen LogP contribution in [0.5, 0.6) is 5.75 Å². The standard InChI is InChI=1S/C12H16N2O4S2/c1-7(20(3,16)17)12(15)14-10-8(11(13)19)5-4-6-9(10)18-2/h4-7H,1-3H3,(H2,13,19)(H,14,15). The van der Waals surface area contributed by atoms with Crippen LogP contribution in [0.2, 0.25) is 0 Å². The number of hydrogen-bond acceptors (Lipinski definition) is 5. The van der Waals surface area contributed by atoms with Gasteiger partial charge >= 0.3 is 0 Å². The summed E-state index contributed by atoms with van der Waals surface area (Å²) in [7, 11) is -2.07. The van der Waals surface area contributed by atoms with E-state index in [-0.39, 0.29) is 10.7 Å². The molecule has 0 spiro atoms. The van der Waals surface area contributed by atoms with Gasteiger partial charge in [-0.1, -0.05) is 18.3 Å². The largest absolute Gasteiger partial charge is 0.495 e. The lowest BCUT2D eigenvalue weighted by atomic mass is 10.1. The van der Waals surface area contributed by atoms with Gasteiger partial charge in [0.15, 0.2) is 9.84 Å². The first-order chi connectivity index (χ1) is 9.18. The number of para-hydroxylation sites is 1. The average Bonchev–Trinajstić information content (AvgIpc) is 2.36. The van der Waals surface area contributed by atoms with Crippen molar-refractivity contribution < 1.29 is 17.9 Å². The molecule has 110 valence electrons. The van der Waals surface area contributed by atoms with Crippen molar-refractivity contribution in [3.05, 3.63) is 23.8 Å². The Morgan fingerprint density at radius 2 is 2.05 bits per heavy atom. The van der Waals surface area contributed by atoms with Crippen molar-refractivity contribution in [1.82, 2.24) is 0 Å². The molecule has 1 rings (SSSR count). The molecule has 1 aromatic rings. The van der Waals surface area contributed by atoms with Gasteiger partial charge in [0.1, 0.15) is 16.0 Å². The molecule has 8 heteroatoms. The number of amides is 1. The third kappa shape index (κ3) is 3.67. The van der Waals surface area contributed by atoms with Gasteiger partial charge in [0.25, 0.3) is 0 Å². The Hall–Kier alpha value is -1.67. The highest BCUT2D eigenvalue weighted by Crippen LogP contribution is 2.28. The molecule has 0 bridgehead atoms. The van der Waals surface area contributed by atoms with E-state index >= 15 is 0 Å². The minimum atomic E-state index is -3.49. The first-order valence-corrected chi connectivity index (χ1v) is 8.01. The molecule has 20 heavy (non-hydrogen) atoms. The number of thiocarbonyl (C=S) groups is 1. The molecule has 1 unspecified atom stereocenters. The van der Waals surface area contributed by atoms with Crippen LogP contribution in [0.25, 0.3) is 0 Å². The molecule has 0 heterocycles. The number of nitrogens with one attached hydrogen (secondary N) is 1. The lowest BCUT2D eigenvalue weighted by Crippen LogP contribution is -2.32. The number of rotatable bonds is 5. The number of ether oxygens (including phenoxy) is 1. The third-order valence-electron chi connectivity index (χ3n) is 2.77. The van der Waals surface area contributed by atoms with E-state index in [0.29, 0.717) is 11.3 Å². The SMILES string of the molecule is COc1cccc(C(N)=S)c1NC(=O)C(C)S(C)(=O)=O. The zero-order valence-electron chi connectivity index (χ0n) is 11.3. The Morgan fingerprint density at radius 1 is 1.45 bits per heavy atom. The predicted octanol–water partition coefficient (Wildman–Crippen LogP) is 0.701. The quantitative estimate of drug-likeness (QED) is 0.776. The predicted molar refractivity (Wildman–Crippen MR) is 81.8 cm³/mol. The van der Waals surface area contributed by atoms with E-state index in [0.717, 1.165) is 6.26 Å². The number of hydrogen-bond donors (Lipinski definition) is 2. The molecular formula is C12H16N2O4S2. The Bertz CT molecular complexity index is 641. The van der Waals surface area contributed by atoms with Crippen LogP contribution in [0.15, 0.2) is 18.2 Å². The van der Waals surface area contributed by atoms with E-state index < -0.39 is 21.0 Å². The fourth-order valence-corrected chi connectivity index (χ4v) is 2.07. The van der Waals surface area contributed by atoms with Gasteiger partial charge in [-0.3, -0.25) is 4.79 Å². The number of sulfone groups is 1. The molecule has 0 saturated carbocycles. The highest BCUT2D eigenvalue weighted by Gasteiger charge is 2.25. The molecule has 3 N–H and O–H groups in total. The van der Waals surface area contributed by atoms with E-state index in [1.165, 1.54) is 14.0 Å². The second-order valence-corrected chi connectivity index (χ2v) is 7.01. The number of benzene rings is 1. The summed E-state index contributed by atoms with van der Waals surface area (Å²) < 4.78 is 27.9. The van der Waals surface area contributed by atoms with Crippen LogP contribution in [0.3, 0.4) is 0 Å². The van der Waals surface area contributed by atoms with Crippen molar-refractivity contribution in [2.24, 2.45) is 5.73 Å². The van der Waals surface area contributed by atoms with E-state index in [2.05, 4.69) is 5.32 Å². The number of carbonyl (C=O) groups is 1. The molecule has 0 aliphatic carbocycles. The summed E-state index contributed by atoms with van der Waals surface area (Å²) in [5, 5.41) is 1.32. The van der Waals surface area contributed by atoms with Gasteiger partial charge in [-0.25, -0.2) is 8.42 Å². The number of anilines is 1. The van der Waals surface area contributed by atoms with E-state index in [1.54, 1.807) is 18.2 Å². The Balaban J connectivity index is 3.20. The molecule has 1 amide bonds. The van der Waals surface area contributed by atoms with Gasteiger partial charge in [0.2, 0.25) is 5.91 Å². The summed E-state index contributed by atoms with van der Waals surface area (Å²) in [5.41, 5.74) is 6.26. The number of carbonyl (C=O) groups excluding carboxylic acids is 1. The van der Waals surface area contributed by atoms with Crippen LogP contribution in [0, 0.1) is 0 Å². The monoisotopic (exact) mass is 316 g/mol. The van der Waals surface area contributed by atoms with Gasteiger partial charge in [-0.15, -0.1) is 0 Å². The third-order valence-corrected chi connectivity index (χ3v) is 4.49. The molecule has 0 radical (unpaired) electrons. The van der Waals surface area contributed by atoms with Crippen molar-refractivity contribution in [2.45, 2.75) is 12.2 Å². The summed E-state index contributed by atoms with van der Waals surface area (Å²) in [6, 6.07) is 4.90. The van der Waals surface area contributed by atoms with Crippen molar-refractivity contribution in [2.75, 3.05) is 18.7 Å². The lowest BCUT2D eigenvalue weighted by Gasteiger charge is -2.16. The Kier molecular flexibility index (Phi) is 5.07. The first kappa shape index (κ1) is 16.4. The molecule has 0 aliphatic heterocycles. The van der Waals surface area contributed by atoms with E-state index in [4.69, 9.17) is 22.7 Å². The molecule has 0 aromatic heterocycles. The summed E-state index contributed by atoms with van der Waals surface area (Å²) >= 11 is 4.90. The second-order valence-electron chi connectivity index (χ2n) is 4.21. The van der Waals surface area contributed by atoms with Crippen LogP contribution in [0.4, 0.5) is 5.69 Å². The molecule has 0 aliphatic rings. The zero-order valence-corrected chi connectivity index (χ0v) is 13.0. The maximum Gasteiger partial charge on any atom is 0.242 e. The van der Waals surface area contributed by atoms with Crippen LogP contribution >= 0.6 is 12.2 Å². The molecule has 0 saturated heterocycles. The maximum atomic E-state index is 12.0.